The average Bonchev–Trinajstić information content (AvgIpc) is 3.23. The fraction of sp³-hybridized carbons (Fsp3) is 0.448. The number of likely N-dealkylation sites (tertiary alicyclic amines) is 1. The predicted octanol–water partition coefficient (Wildman–Crippen LogP) is 7.84. The molecule has 5 nitrogen and oxygen atoms in total. The van der Waals surface area contributed by atoms with Gasteiger partial charge in [-0.15, -0.1) is 0 Å². The quantitative estimate of drug-likeness (QED) is 0.287. The van der Waals surface area contributed by atoms with E-state index in [1.807, 2.05) is 19.9 Å². The number of hydrogen-bond donors (Lipinski definition) is 0. The fourth-order valence-corrected chi connectivity index (χ4v) is 5.44. The maximum absolute atomic E-state index is 13.4. The third kappa shape index (κ3) is 6.55. The SMILES string of the molecule is CC.CCOC(=O)C1CCN(C(=O)c2ccc(Cl)c(Cc3cc4c(C)cc(C(F)(F)F)cc4n3C)c2Cl)CC1. The van der Waals surface area contributed by atoms with Crippen LogP contribution < -0.4 is 0 Å². The molecule has 3 aromatic rings. The molecule has 212 valence electrons. The second kappa shape index (κ2) is 12.6. The third-order valence-corrected chi connectivity index (χ3v) is 7.76. The lowest BCUT2D eigenvalue weighted by Crippen LogP contribution is -2.40. The molecule has 1 aliphatic rings. The maximum atomic E-state index is 13.4. The second-order valence-corrected chi connectivity index (χ2v) is 10.1. The number of halogens is 5. The smallest absolute Gasteiger partial charge is 0.416 e. The Labute approximate surface area is 236 Å². The summed E-state index contributed by atoms with van der Waals surface area (Å²) in [6.45, 7) is 8.53. The number of aryl methyl sites for hydroxylation is 2. The van der Waals surface area contributed by atoms with E-state index < -0.39 is 11.7 Å². The molecular weight excluding hydrogens is 552 g/mol. The van der Waals surface area contributed by atoms with Crippen LogP contribution in [0.25, 0.3) is 10.9 Å². The zero-order chi connectivity index (χ0) is 29.1. The predicted molar refractivity (Wildman–Crippen MR) is 149 cm³/mol. The number of aromatic nitrogens is 1. The summed E-state index contributed by atoms with van der Waals surface area (Å²) in [4.78, 5) is 27.0. The van der Waals surface area contributed by atoms with Crippen LogP contribution in [0.1, 0.15) is 66.4 Å². The van der Waals surface area contributed by atoms with Gasteiger partial charge in [-0.3, -0.25) is 9.59 Å². The number of alkyl halides is 3. The second-order valence-electron chi connectivity index (χ2n) is 9.30. The van der Waals surface area contributed by atoms with Crippen molar-refractivity contribution < 1.29 is 27.5 Å². The number of hydrogen-bond acceptors (Lipinski definition) is 3. The standard InChI is InChI=1S/C27H27Cl2F3N2O3.C2H6/c1-4-37-26(36)16-7-9-34(10-8-16)25(35)19-5-6-22(28)21(24(19)29)14-18-13-20-15(2)11-17(27(30,31)32)12-23(20)33(18)3;1-2/h5-6,11-13,16H,4,7-10,14H2,1-3H3;1-2H3. The Morgan fingerprint density at radius 2 is 1.72 bits per heavy atom. The van der Waals surface area contributed by atoms with Crippen molar-refractivity contribution in [3.05, 3.63) is 68.3 Å². The van der Waals surface area contributed by atoms with E-state index in [0.29, 0.717) is 70.8 Å². The van der Waals surface area contributed by atoms with Crippen molar-refractivity contribution in [2.24, 2.45) is 13.0 Å². The molecule has 1 aliphatic heterocycles. The molecule has 0 spiro atoms. The van der Waals surface area contributed by atoms with E-state index in [2.05, 4.69) is 0 Å². The molecule has 0 atom stereocenters. The monoisotopic (exact) mass is 584 g/mol. The van der Waals surface area contributed by atoms with Gasteiger partial charge in [0.05, 0.1) is 28.7 Å². The number of nitrogens with zero attached hydrogens (tertiary/aromatic N) is 2. The van der Waals surface area contributed by atoms with Gasteiger partial charge in [0.15, 0.2) is 0 Å². The van der Waals surface area contributed by atoms with E-state index in [-0.39, 0.29) is 29.2 Å². The van der Waals surface area contributed by atoms with Crippen molar-refractivity contribution in [1.29, 1.82) is 0 Å². The van der Waals surface area contributed by atoms with Crippen LogP contribution >= 0.6 is 23.2 Å². The van der Waals surface area contributed by atoms with Gasteiger partial charge in [-0.1, -0.05) is 37.0 Å². The van der Waals surface area contributed by atoms with Gasteiger partial charge in [-0.05, 0) is 68.1 Å². The number of ether oxygens (including phenoxy) is 1. The van der Waals surface area contributed by atoms with Crippen molar-refractivity contribution >= 4 is 46.0 Å². The molecule has 1 amide bonds. The molecule has 1 fully saturated rings. The molecule has 0 saturated carbocycles. The Kier molecular flexibility index (Phi) is 9.99. The number of benzene rings is 2. The minimum absolute atomic E-state index is 0.211. The van der Waals surface area contributed by atoms with Crippen molar-refractivity contribution in [1.82, 2.24) is 9.47 Å². The van der Waals surface area contributed by atoms with E-state index in [1.165, 1.54) is 0 Å². The molecule has 39 heavy (non-hydrogen) atoms. The van der Waals surface area contributed by atoms with E-state index in [0.717, 1.165) is 12.1 Å². The van der Waals surface area contributed by atoms with E-state index in [4.69, 9.17) is 27.9 Å². The van der Waals surface area contributed by atoms with Crippen LogP contribution in [0.5, 0.6) is 0 Å². The van der Waals surface area contributed by atoms with Crippen molar-refractivity contribution in [3.8, 4) is 0 Å². The van der Waals surface area contributed by atoms with Crippen molar-refractivity contribution in [2.75, 3.05) is 19.7 Å². The first-order valence-corrected chi connectivity index (χ1v) is 13.8. The minimum Gasteiger partial charge on any atom is -0.466 e. The zero-order valence-corrected chi connectivity index (χ0v) is 24.2. The first-order chi connectivity index (χ1) is 18.4. The largest absolute Gasteiger partial charge is 0.466 e. The van der Waals surface area contributed by atoms with Gasteiger partial charge in [0.2, 0.25) is 0 Å². The van der Waals surface area contributed by atoms with Gasteiger partial charge >= 0.3 is 12.1 Å². The van der Waals surface area contributed by atoms with Gasteiger partial charge in [-0.25, -0.2) is 0 Å². The first kappa shape index (κ1) is 30.8. The van der Waals surface area contributed by atoms with Crippen molar-refractivity contribution in [2.45, 2.75) is 53.1 Å². The van der Waals surface area contributed by atoms with E-state index in [1.54, 1.807) is 42.5 Å². The number of amides is 1. The van der Waals surface area contributed by atoms with Gasteiger partial charge < -0.3 is 14.2 Å². The highest BCUT2D eigenvalue weighted by molar-refractivity contribution is 6.38. The maximum Gasteiger partial charge on any atom is 0.416 e. The van der Waals surface area contributed by atoms with Gasteiger partial charge in [0.25, 0.3) is 5.91 Å². The van der Waals surface area contributed by atoms with Crippen LogP contribution in [0.2, 0.25) is 10.0 Å². The summed E-state index contributed by atoms with van der Waals surface area (Å²) in [6.07, 6.45) is -3.19. The number of rotatable bonds is 5. The number of fused-ring (bicyclic) bond motifs is 1. The average molecular weight is 585 g/mol. The molecule has 10 heteroatoms. The summed E-state index contributed by atoms with van der Waals surface area (Å²) >= 11 is 13.2. The number of piperidine rings is 1. The van der Waals surface area contributed by atoms with Crippen LogP contribution in [0, 0.1) is 12.8 Å². The van der Waals surface area contributed by atoms with E-state index >= 15 is 0 Å². The fourth-order valence-electron chi connectivity index (χ4n) is 4.85. The Hall–Kier alpha value is -2.71. The Morgan fingerprint density at radius 1 is 1.08 bits per heavy atom. The number of esters is 1. The van der Waals surface area contributed by atoms with Crippen LogP contribution in [-0.2, 0) is 29.2 Å². The summed E-state index contributed by atoms with van der Waals surface area (Å²) in [6, 6.07) is 7.28. The molecule has 0 radical (unpaired) electrons. The summed E-state index contributed by atoms with van der Waals surface area (Å²) in [5, 5.41) is 1.28. The molecule has 0 N–H and O–H groups in total. The molecular formula is C29H33Cl2F3N2O3. The summed E-state index contributed by atoms with van der Waals surface area (Å²) in [5.41, 5.74) is 1.78. The zero-order valence-electron chi connectivity index (χ0n) is 22.7. The van der Waals surface area contributed by atoms with Crippen LogP contribution in [-0.4, -0.2) is 41.0 Å². The number of carbonyl (C=O) groups excluding carboxylic acids is 2. The highest BCUT2D eigenvalue weighted by Crippen LogP contribution is 2.36. The van der Waals surface area contributed by atoms with Gasteiger partial charge in [-0.2, -0.15) is 13.2 Å². The van der Waals surface area contributed by atoms with Crippen LogP contribution in [0.4, 0.5) is 13.2 Å². The molecule has 1 aromatic heterocycles. The molecule has 4 rings (SSSR count). The van der Waals surface area contributed by atoms with Gasteiger partial charge in [0, 0.05) is 48.2 Å². The lowest BCUT2D eigenvalue weighted by molar-refractivity contribution is -0.149. The molecule has 0 aliphatic carbocycles. The highest BCUT2D eigenvalue weighted by atomic mass is 35.5. The van der Waals surface area contributed by atoms with Crippen LogP contribution in [0.15, 0.2) is 30.3 Å². The van der Waals surface area contributed by atoms with Crippen LogP contribution in [0.3, 0.4) is 0 Å². The normalized spacial score (nSPS) is 14.3. The lowest BCUT2D eigenvalue weighted by Gasteiger charge is -2.31. The third-order valence-electron chi connectivity index (χ3n) is 6.97. The summed E-state index contributed by atoms with van der Waals surface area (Å²) in [5.74, 6) is -0.727. The Morgan fingerprint density at radius 3 is 2.31 bits per heavy atom. The first-order valence-electron chi connectivity index (χ1n) is 13.0. The Balaban J connectivity index is 0.00000205. The molecule has 2 heterocycles. The van der Waals surface area contributed by atoms with Crippen molar-refractivity contribution in [3.63, 3.8) is 0 Å². The Bertz CT molecular complexity index is 1360. The minimum atomic E-state index is -4.45. The lowest BCUT2D eigenvalue weighted by atomic mass is 9.96. The molecule has 2 aromatic carbocycles. The van der Waals surface area contributed by atoms with E-state index in [9.17, 15) is 22.8 Å². The molecule has 1 saturated heterocycles. The molecule has 0 unspecified atom stereocenters. The summed E-state index contributed by atoms with van der Waals surface area (Å²) in [7, 11) is 1.70. The van der Waals surface area contributed by atoms with Gasteiger partial charge in [0.1, 0.15) is 0 Å². The number of carbonyl (C=O) groups is 2. The molecule has 0 bridgehead atoms. The topological polar surface area (TPSA) is 51.5 Å². The highest BCUT2D eigenvalue weighted by Gasteiger charge is 2.32. The summed E-state index contributed by atoms with van der Waals surface area (Å²) < 4.78 is 46.8.